The van der Waals surface area contributed by atoms with Crippen molar-refractivity contribution in [3.63, 3.8) is 0 Å². The van der Waals surface area contributed by atoms with Crippen LogP contribution in [0.1, 0.15) is 28.4 Å². The van der Waals surface area contributed by atoms with Crippen molar-refractivity contribution in [2.75, 3.05) is 10.6 Å². The topological polar surface area (TPSA) is 96.5 Å². The molecular formula is C38H31ClFN3O4S. The Hall–Kier alpha value is -5.38. The number of carbonyl (C=O) groups excluding carboxylic acids is 3. The third kappa shape index (κ3) is 9.81. The zero-order valence-corrected chi connectivity index (χ0v) is 27.4. The van der Waals surface area contributed by atoms with Gasteiger partial charge < -0.3 is 20.7 Å². The van der Waals surface area contributed by atoms with Gasteiger partial charge in [0.05, 0.1) is 10.3 Å². The summed E-state index contributed by atoms with van der Waals surface area (Å²) in [7, 11) is 0. The number of hydrogen-bond acceptors (Lipinski definition) is 5. The third-order valence-electron chi connectivity index (χ3n) is 6.95. The highest BCUT2D eigenvalue weighted by molar-refractivity contribution is 8.00. The molecule has 0 aliphatic rings. The number of amides is 3. The van der Waals surface area contributed by atoms with Crippen LogP contribution >= 0.6 is 23.4 Å². The van der Waals surface area contributed by atoms with Crippen molar-refractivity contribution in [2.45, 2.75) is 23.7 Å². The van der Waals surface area contributed by atoms with Crippen LogP contribution in [0.25, 0.3) is 6.08 Å². The molecule has 1 unspecified atom stereocenters. The Balaban J connectivity index is 1.24. The number of anilines is 2. The number of benzene rings is 5. The molecule has 5 aromatic rings. The fourth-order valence-electron chi connectivity index (χ4n) is 4.40. The number of rotatable bonds is 12. The Labute approximate surface area is 287 Å². The van der Waals surface area contributed by atoms with Gasteiger partial charge in [-0.2, -0.15) is 0 Å². The fraction of sp³-hybridized carbons (Fsp3) is 0.0789. The Morgan fingerprint density at radius 3 is 2.12 bits per heavy atom. The summed E-state index contributed by atoms with van der Waals surface area (Å²) in [5, 5.41) is 7.75. The average Bonchev–Trinajstić information content (AvgIpc) is 3.10. The lowest BCUT2D eigenvalue weighted by molar-refractivity contribution is -0.115. The van der Waals surface area contributed by atoms with Crippen LogP contribution in [0, 0.1) is 5.82 Å². The summed E-state index contributed by atoms with van der Waals surface area (Å²) in [5.41, 5.74) is 3.07. The molecule has 1 atom stereocenters. The van der Waals surface area contributed by atoms with Gasteiger partial charge in [0.25, 0.3) is 11.8 Å². The molecule has 0 bridgehead atoms. The molecule has 7 nitrogen and oxygen atoms in total. The molecule has 5 aromatic carbocycles. The first-order chi connectivity index (χ1) is 23.2. The van der Waals surface area contributed by atoms with Crippen molar-refractivity contribution in [1.29, 1.82) is 0 Å². The van der Waals surface area contributed by atoms with E-state index in [4.69, 9.17) is 16.3 Å². The van der Waals surface area contributed by atoms with Gasteiger partial charge >= 0.3 is 0 Å². The maximum absolute atomic E-state index is 13.5. The van der Waals surface area contributed by atoms with Crippen molar-refractivity contribution in [2.24, 2.45) is 0 Å². The molecule has 0 fully saturated rings. The smallest absolute Gasteiger partial charge is 0.272 e. The zero-order valence-electron chi connectivity index (χ0n) is 25.8. The molecule has 3 amide bonds. The van der Waals surface area contributed by atoms with Gasteiger partial charge in [0.2, 0.25) is 5.91 Å². The standard InChI is InChI=1S/C38H31ClFN3O4S/c1-25(36(44)42-30-16-21-34(40)33(39)23-30)48-32-19-14-29(15-20-32)41-38(46)35(43-37(45)28-10-6-3-7-11-28)22-26-12-17-31(18-13-26)47-24-27-8-4-2-5-9-27/h2-23,25H,24H2,1H3,(H,41,46)(H,42,44)(H,43,45)/b35-22-. The Morgan fingerprint density at radius 2 is 1.46 bits per heavy atom. The molecule has 0 radical (unpaired) electrons. The van der Waals surface area contributed by atoms with Crippen LogP contribution in [-0.4, -0.2) is 23.0 Å². The van der Waals surface area contributed by atoms with Crippen molar-refractivity contribution in [1.82, 2.24) is 5.32 Å². The normalized spacial score (nSPS) is 11.7. The molecule has 0 spiro atoms. The van der Waals surface area contributed by atoms with Crippen LogP contribution < -0.4 is 20.7 Å². The predicted octanol–water partition coefficient (Wildman–Crippen LogP) is 8.59. The van der Waals surface area contributed by atoms with Gasteiger partial charge in [-0.05, 0) is 90.9 Å². The summed E-state index contributed by atoms with van der Waals surface area (Å²) in [6, 6.07) is 36.6. The molecule has 0 aliphatic carbocycles. The minimum Gasteiger partial charge on any atom is -0.489 e. The zero-order chi connectivity index (χ0) is 33.9. The molecule has 0 aromatic heterocycles. The first kappa shape index (κ1) is 34.0. The quantitative estimate of drug-likeness (QED) is 0.0907. The van der Waals surface area contributed by atoms with Gasteiger partial charge in [0.1, 0.15) is 23.9 Å². The summed E-state index contributed by atoms with van der Waals surface area (Å²) >= 11 is 7.13. The summed E-state index contributed by atoms with van der Waals surface area (Å²) in [6.07, 6.45) is 1.59. The summed E-state index contributed by atoms with van der Waals surface area (Å²) in [4.78, 5) is 40.0. The van der Waals surface area contributed by atoms with E-state index in [-0.39, 0.29) is 16.6 Å². The SMILES string of the molecule is CC(Sc1ccc(NC(=O)/C(=C/c2ccc(OCc3ccccc3)cc2)NC(=O)c2ccccc2)cc1)C(=O)Nc1ccc(F)c(Cl)c1. The number of ether oxygens (including phenoxy) is 1. The number of halogens is 2. The molecule has 48 heavy (non-hydrogen) atoms. The summed E-state index contributed by atoms with van der Waals surface area (Å²) in [6.45, 7) is 2.17. The maximum atomic E-state index is 13.5. The fourth-order valence-corrected chi connectivity index (χ4v) is 5.45. The van der Waals surface area contributed by atoms with Crippen molar-refractivity contribution in [3.05, 3.63) is 161 Å². The van der Waals surface area contributed by atoms with Gasteiger partial charge in [0.15, 0.2) is 0 Å². The van der Waals surface area contributed by atoms with E-state index in [1.54, 1.807) is 91.9 Å². The maximum Gasteiger partial charge on any atom is 0.272 e. The molecular weight excluding hydrogens is 649 g/mol. The first-order valence-electron chi connectivity index (χ1n) is 14.9. The molecule has 10 heteroatoms. The molecule has 3 N–H and O–H groups in total. The van der Waals surface area contributed by atoms with Crippen LogP contribution in [-0.2, 0) is 16.2 Å². The van der Waals surface area contributed by atoms with Crippen LogP contribution in [0.5, 0.6) is 5.75 Å². The molecule has 242 valence electrons. The number of hydrogen-bond donors (Lipinski definition) is 3. The molecule has 0 saturated heterocycles. The molecule has 0 heterocycles. The van der Waals surface area contributed by atoms with E-state index < -0.39 is 22.9 Å². The van der Waals surface area contributed by atoms with E-state index in [2.05, 4.69) is 16.0 Å². The Morgan fingerprint density at radius 1 is 0.812 bits per heavy atom. The second-order valence-electron chi connectivity index (χ2n) is 10.6. The molecule has 0 saturated carbocycles. The van der Waals surface area contributed by atoms with Gasteiger partial charge in [0, 0.05) is 21.8 Å². The van der Waals surface area contributed by atoms with Crippen LogP contribution in [0.15, 0.2) is 138 Å². The van der Waals surface area contributed by atoms with Crippen LogP contribution in [0.4, 0.5) is 15.8 Å². The van der Waals surface area contributed by atoms with E-state index >= 15 is 0 Å². The minimum absolute atomic E-state index is 0.0476. The van der Waals surface area contributed by atoms with Gasteiger partial charge in [-0.15, -0.1) is 11.8 Å². The second kappa shape index (κ2) is 16.4. The largest absolute Gasteiger partial charge is 0.489 e. The van der Waals surface area contributed by atoms with Gasteiger partial charge in [-0.3, -0.25) is 14.4 Å². The number of carbonyl (C=O) groups is 3. The molecule has 0 aliphatic heterocycles. The number of thioether (sulfide) groups is 1. The average molecular weight is 680 g/mol. The minimum atomic E-state index is -0.565. The van der Waals surface area contributed by atoms with E-state index in [1.165, 1.54) is 30.0 Å². The van der Waals surface area contributed by atoms with Crippen molar-refractivity contribution < 1.29 is 23.5 Å². The highest BCUT2D eigenvalue weighted by atomic mass is 35.5. The van der Waals surface area contributed by atoms with Crippen molar-refractivity contribution in [3.8, 4) is 5.75 Å². The van der Waals surface area contributed by atoms with E-state index in [0.717, 1.165) is 10.5 Å². The first-order valence-corrected chi connectivity index (χ1v) is 16.2. The summed E-state index contributed by atoms with van der Waals surface area (Å²) in [5.74, 6) is -1.12. The monoisotopic (exact) mass is 679 g/mol. The highest BCUT2D eigenvalue weighted by Crippen LogP contribution is 2.27. The predicted molar refractivity (Wildman–Crippen MR) is 190 cm³/mol. The van der Waals surface area contributed by atoms with E-state index in [0.29, 0.717) is 34.9 Å². The van der Waals surface area contributed by atoms with E-state index in [9.17, 15) is 18.8 Å². The van der Waals surface area contributed by atoms with Crippen LogP contribution in [0.2, 0.25) is 5.02 Å². The summed E-state index contributed by atoms with van der Waals surface area (Å²) < 4.78 is 19.3. The van der Waals surface area contributed by atoms with Crippen molar-refractivity contribution >= 4 is 58.5 Å². The van der Waals surface area contributed by atoms with Gasteiger partial charge in [-0.1, -0.05) is 72.3 Å². The lowest BCUT2D eigenvalue weighted by atomic mass is 10.1. The van der Waals surface area contributed by atoms with Gasteiger partial charge in [-0.25, -0.2) is 4.39 Å². The lowest BCUT2D eigenvalue weighted by Crippen LogP contribution is -2.30. The lowest BCUT2D eigenvalue weighted by Gasteiger charge is -2.14. The Bertz CT molecular complexity index is 1910. The second-order valence-corrected chi connectivity index (χ2v) is 12.4. The molecule has 5 rings (SSSR count). The van der Waals surface area contributed by atoms with Crippen LogP contribution in [0.3, 0.4) is 0 Å². The third-order valence-corrected chi connectivity index (χ3v) is 8.35. The number of nitrogens with one attached hydrogen (secondary N) is 3. The van der Waals surface area contributed by atoms with E-state index in [1.807, 2.05) is 30.3 Å². The highest BCUT2D eigenvalue weighted by Gasteiger charge is 2.17. The Kier molecular flexibility index (Phi) is 11.6.